The number of piperazine rings is 1. The van der Waals surface area contributed by atoms with Gasteiger partial charge in [-0.3, -0.25) is 0 Å². The molecule has 1 fully saturated rings. The van der Waals surface area contributed by atoms with Crippen LogP contribution in [0.2, 0.25) is 10.3 Å². The summed E-state index contributed by atoms with van der Waals surface area (Å²) in [6.07, 6.45) is 0. The van der Waals surface area contributed by atoms with Crippen molar-refractivity contribution in [2.24, 2.45) is 0 Å². The van der Waals surface area contributed by atoms with E-state index >= 15 is 0 Å². The zero-order valence-corrected chi connectivity index (χ0v) is 10.8. The lowest BCUT2D eigenvalue weighted by Crippen LogP contribution is -2.50. The molecule has 0 radical (unpaired) electrons. The Labute approximate surface area is 105 Å². The first kappa shape index (κ1) is 11.9. The van der Waals surface area contributed by atoms with E-state index in [2.05, 4.69) is 27.1 Å². The molecule has 1 saturated heterocycles. The minimum atomic E-state index is 0.351. The molecule has 1 N–H and O–H groups in total. The second-order valence-corrected chi connectivity index (χ2v) is 4.69. The Morgan fingerprint density at radius 2 is 1.94 bits per heavy atom. The lowest BCUT2D eigenvalue weighted by Gasteiger charge is -2.34. The highest BCUT2D eigenvalue weighted by atomic mass is 35.5. The molecule has 16 heavy (non-hydrogen) atoms. The van der Waals surface area contributed by atoms with Crippen molar-refractivity contribution in [3.8, 4) is 0 Å². The minimum Gasteiger partial charge on any atom is -0.335 e. The summed E-state index contributed by atoms with van der Waals surface area (Å²) in [5.74, 6) is 0.620. The summed E-state index contributed by atoms with van der Waals surface area (Å²) in [7, 11) is 0. The van der Waals surface area contributed by atoms with Crippen molar-refractivity contribution in [1.82, 2.24) is 15.3 Å². The van der Waals surface area contributed by atoms with Crippen molar-refractivity contribution >= 4 is 29.2 Å². The predicted molar refractivity (Wildman–Crippen MR) is 66.5 cm³/mol. The second kappa shape index (κ2) is 4.73. The summed E-state index contributed by atoms with van der Waals surface area (Å²) in [6, 6.07) is 0.351. The molecule has 1 unspecified atom stereocenters. The summed E-state index contributed by atoms with van der Waals surface area (Å²) in [4.78, 5) is 10.7. The van der Waals surface area contributed by atoms with Crippen LogP contribution in [0.3, 0.4) is 0 Å². The van der Waals surface area contributed by atoms with Crippen LogP contribution in [0.5, 0.6) is 0 Å². The van der Waals surface area contributed by atoms with Crippen molar-refractivity contribution in [2.45, 2.75) is 19.9 Å². The molecule has 1 atom stereocenters. The standard InChI is InChI=1S/C10H14Cl2N4/c1-6-5-13-3-4-16(6)10-14-8(11)7(2)9(12)15-10/h6,13H,3-5H2,1-2H3. The summed E-state index contributed by atoms with van der Waals surface area (Å²) in [6.45, 7) is 6.66. The molecule has 1 aliphatic rings. The summed E-state index contributed by atoms with van der Waals surface area (Å²) in [5.41, 5.74) is 0.731. The molecule has 0 saturated carbocycles. The van der Waals surface area contributed by atoms with Gasteiger partial charge in [0, 0.05) is 31.2 Å². The molecule has 0 aliphatic carbocycles. The maximum absolute atomic E-state index is 6.01. The maximum atomic E-state index is 6.01. The Morgan fingerprint density at radius 3 is 2.50 bits per heavy atom. The van der Waals surface area contributed by atoms with Gasteiger partial charge in [0.1, 0.15) is 10.3 Å². The van der Waals surface area contributed by atoms with Crippen molar-refractivity contribution < 1.29 is 0 Å². The Balaban J connectivity index is 2.32. The van der Waals surface area contributed by atoms with Crippen LogP contribution < -0.4 is 10.2 Å². The molecule has 0 bridgehead atoms. The number of nitrogens with zero attached hydrogens (tertiary/aromatic N) is 3. The normalized spacial score (nSPS) is 21.2. The van der Waals surface area contributed by atoms with E-state index < -0.39 is 0 Å². The molecule has 0 amide bonds. The van der Waals surface area contributed by atoms with Crippen LogP contribution in [-0.2, 0) is 0 Å². The van der Waals surface area contributed by atoms with E-state index in [1.54, 1.807) is 0 Å². The van der Waals surface area contributed by atoms with Crippen LogP contribution >= 0.6 is 23.2 Å². The van der Waals surface area contributed by atoms with Gasteiger partial charge in [0.25, 0.3) is 0 Å². The molecule has 1 aliphatic heterocycles. The van der Waals surface area contributed by atoms with Crippen LogP contribution in [0.1, 0.15) is 12.5 Å². The lowest BCUT2D eigenvalue weighted by molar-refractivity contribution is 0.493. The van der Waals surface area contributed by atoms with Crippen molar-refractivity contribution in [2.75, 3.05) is 24.5 Å². The number of aromatic nitrogens is 2. The average molecular weight is 261 g/mol. The molecule has 0 aromatic carbocycles. The monoisotopic (exact) mass is 260 g/mol. The minimum absolute atomic E-state index is 0.351. The Morgan fingerprint density at radius 1 is 1.31 bits per heavy atom. The molecule has 6 heteroatoms. The first-order valence-electron chi connectivity index (χ1n) is 5.26. The molecule has 1 aromatic rings. The fraction of sp³-hybridized carbons (Fsp3) is 0.600. The van der Waals surface area contributed by atoms with Crippen LogP contribution in [0.25, 0.3) is 0 Å². The number of hydrogen-bond donors (Lipinski definition) is 1. The fourth-order valence-electron chi connectivity index (χ4n) is 1.72. The smallest absolute Gasteiger partial charge is 0.228 e. The van der Waals surface area contributed by atoms with Crippen LogP contribution in [-0.4, -0.2) is 35.6 Å². The molecule has 88 valence electrons. The third kappa shape index (κ3) is 2.24. The van der Waals surface area contributed by atoms with E-state index in [-0.39, 0.29) is 0 Å². The van der Waals surface area contributed by atoms with E-state index in [0.29, 0.717) is 22.3 Å². The summed E-state index contributed by atoms with van der Waals surface area (Å²) >= 11 is 12.0. The van der Waals surface area contributed by atoms with Crippen LogP contribution in [0.15, 0.2) is 0 Å². The number of anilines is 1. The zero-order valence-electron chi connectivity index (χ0n) is 9.30. The van der Waals surface area contributed by atoms with Crippen LogP contribution in [0.4, 0.5) is 5.95 Å². The SMILES string of the molecule is Cc1c(Cl)nc(N2CCNCC2C)nc1Cl. The Hall–Kier alpha value is -0.580. The van der Waals surface area contributed by atoms with Gasteiger partial charge in [0.2, 0.25) is 5.95 Å². The van der Waals surface area contributed by atoms with Gasteiger partial charge in [-0.1, -0.05) is 23.2 Å². The van der Waals surface area contributed by atoms with Gasteiger partial charge < -0.3 is 10.2 Å². The van der Waals surface area contributed by atoms with E-state index in [9.17, 15) is 0 Å². The first-order valence-corrected chi connectivity index (χ1v) is 6.02. The number of halogens is 2. The first-order chi connectivity index (χ1) is 7.59. The third-order valence-corrected chi connectivity index (χ3v) is 3.51. The topological polar surface area (TPSA) is 41.1 Å². The van der Waals surface area contributed by atoms with Crippen molar-refractivity contribution in [3.63, 3.8) is 0 Å². The summed E-state index contributed by atoms with van der Waals surface area (Å²) in [5, 5.41) is 4.17. The lowest BCUT2D eigenvalue weighted by atomic mass is 10.2. The van der Waals surface area contributed by atoms with Gasteiger partial charge in [0.05, 0.1) is 0 Å². The highest BCUT2D eigenvalue weighted by Gasteiger charge is 2.21. The van der Waals surface area contributed by atoms with Gasteiger partial charge in [0.15, 0.2) is 0 Å². The average Bonchev–Trinajstić information content (AvgIpc) is 2.26. The van der Waals surface area contributed by atoms with E-state index in [4.69, 9.17) is 23.2 Å². The van der Waals surface area contributed by atoms with Crippen LogP contribution in [0, 0.1) is 6.92 Å². The van der Waals surface area contributed by atoms with Gasteiger partial charge in [-0.15, -0.1) is 0 Å². The highest BCUT2D eigenvalue weighted by Crippen LogP contribution is 2.24. The molecular formula is C10H14Cl2N4. The fourth-order valence-corrected chi connectivity index (χ4v) is 2.10. The Bertz CT molecular complexity index is 373. The van der Waals surface area contributed by atoms with Crippen molar-refractivity contribution in [3.05, 3.63) is 15.9 Å². The number of nitrogens with one attached hydrogen (secondary N) is 1. The zero-order chi connectivity index (χ0) is 11.7. The molecule has 0 spiro atoms. The second-order valence-electron chi connectivity index (χ2n) is 3.98. The Kier molecular flexibility index (Phi) is 3.52. The summed E-state index contributed by atoms with van der Waals surface area (Å²) < 4.78 is 0. The molecule has 2 rings (SSSR count). The van der Waals surface area contributed by atoms with Gasteiger partial charge in [-0.25, -0.2) is 9.97 Å². The highest BCUT2D eigenvalue weighted by molar-refractivity contribution is 6.34. The predicted octanol–water partition coefficient (Wildman–Crippen LogP) is 1.89. The number of rotatable bonds is 1. The molecular weight excluding hydrogens is 247 g/mol. The maximum Gasteiger partial charge on any atom is 0.228 e. The third-order valence-electron chi connectivity index (χ3n) is 2.77. The van der Waals surface area contributed by atoms with E-state index in [1.807, 2.05) is 6.92 Å². The van der Waals surface area contributed by atoms with Gasteiger partial charge in [-0.05, 0) is 13.8 Å². The van der Waals surface area contributed by atoms with E-state index in [0.717, 1.165) is 25.2 Å². The largest absolute Gasteiger partial charge is 0.335 e. The number of hydrogen-bond acceptors (Lipinski definition) is 4. The molecule has 2 heterocycles. The van der Waals surface area contributed by atoms with E-state index in [1.165, 1.54) is 0 Å². The quantitative estimate of drug-likeness (QED) is 0.784. The molecule has 4 nitrogen and oxygen atoms in total. The van der Waals surface area contributed by atoms with Crippen molar-refractivity contribution in [1.29, 1.82) is 0 Å². The van der Waals surface area contributed by atoms with Gasteiger partial charge >= 0.3 is 0 Å². The van der Waals surface area contributed by atoms with Gasteiger partial charge in [-0.2, -0.15) is 0 Å². The molecule has 1 aromatic heterocycles.